The molecule has 100 valence electrons. The molecule has 8 heteroatoms. The van der Waals surface area contributed by atoms with E-state index in [1.807, 2.05) is 0 Å². The fourth-order valence-electron chi connectivity index (χ4n) is 1.09. The molecule has 1 aromatic rings. The third kappa shape index (κ3) is 2.98. The van der Waals surface area contributed by atoms with Crippen molar-refractivity contribution in [2.75, 3.05) is 5.32 Å². The Bertz CT molecular complexity index is 478. The van der Waals surface area contributed by atoms with E-state index in [-0.39, 0.29) is 15.7 Å². The SMILES string of the molecule is Cc1cc(F)c(Br)cc1NC(=O)C(F)(F)C(F)F. The van der Waals surface area contributed by atoms with Gasteiger partial charge in [-0.1, -0.05) is 0 Å². The quantitative estimate of drug-likeness (QED) is 0.840. The summed E-state index contributed by atoms with van der Waals surface area (Å²) in [5.74, 6) is -7.60. The van der Waals surface area contributed by atoms with Gasteiger partial charge in [-0.3, -0.25) is 4.79 Å². The van der Waals surface area contributed by atoms with Gasteiger partial charge in [0.15, 0.2) is 0 Å². The molecular weight excluding hydrogens is 325 g/mol. The smallest absolute Gasteiger partial charge is 0.320 e. The predicted octanol–water partition coefficient (Wildman–Crippen LogP) is 3.74. The van der Waals surface area contributed by atoms with Crippen molar-refractivity contribution < 1.29 is 26.7 Å². The molecule has 1 aromatic carbocycles. The van der Waals surface area contributed by atoms with Gasteiger partial charge in [0.25, 0.3) is 0 Å². The number of hydrogen-bond acceptors (Lipinski definition) is 1. The first-order valence-electron chi connectivity index (χ1n) is 4.59. The summed E-state index contributed by atoms with van der Waals surface area (Å²) in [6.07, 6.45) is -4.11. The van der Waals surface area contributed by atoms with Gasteiger partial charge in [0.1, 0.15) is 5.82 Å². The topological polar surface area (TPSA) is 29.1 Å². The monoisotopic (exact) mass is 331 g/mol. The lowest BCUT2D eigenvalue weighted by Crippen LogP contribution is -2.41. The van der Waals surface area contributed by atoms with E-state index in [0.717, 1.165) is 12.1 Å². The first-order chi connectivity index (χ1) is 8.16. The van der Waals surface area contributed by atoms with Crippen LogP contribution in [0.25, 0.3) is 0 Å². The number of halogens is 6. The summed E-state index contributed by atoms with van der Waals surface area (Å²) in [6, 6.07) is 1.99. The Morgan fingerprint density at radius 3 is 2.44 bits per heavy atom. The summed E-state index contributed by atoms with van der Waals surface area (Å²) in [5.41, 5.74) is -0.0392. The highest BCUT2D eigenvalue weighted by Gasteiger charge is 2.49. The molecule has 0 bridgehead atoms. The lowest BCUT2D eigenvalue weighted by molar-refractivity contribution is -0.163. The Hall–Kier alpha value is -1.18. The van der Waals surface area contributed by atoms with Gasteiger partial charge in [0.2, 0.25) is 0 Å². The maximum Gasteiger partial charge on any atom is 0.383 e. The van der Waals surface area contributed by atoms with Gasteiger partial charge in [0.05, 0.1) is 4.47 Å². The first kappa shape index (κ1) is 14.9. The van der Waals surface area contributed by atoms with Crippen LogP contribution in [0.2, 0.25) is 0 Å². The summed E-state index contributed by atoms with van der Waals surface area (Å²) in [5, 5.41) is 1.63. The van der Waals surface area contributed by atoms with Gasteiger partial charge < -0.3 is 5.32 Å². The van der Waals surface area contributed by atoms with Crippen LogP contribution >= 0.6 is 15.9 Å². The molecule has 2 nitrogen and oxygen atoms in total. The van der Waals surface area contributed by atoms with Crippen LogP contribution in [-0.4, -0.2) is 18.3 Å². The van der Waals surface area contributed by atoms with Gasteiger partial charge in [-0.25, -0.2) is 13.2 Å². The van der Waals surface area contributed by atoms with Gasteiger partial charge in [-0.05, 0) is 40.5 Å². The molecule has 0 atom stereocenters. The maximum atomic E-state index is 13.0. The van der Waals surface area contributed by atoms with E-state index in [4.69, 9.17) is 0 Å². The minimum absolute atomic E-state index is 0.0798. The van der Waals surface area contributed by atoms with Crippen LogP contribution in [0, 0.1) is 12.7 Å². The van der Waals surface area contributed by atoms with Crippen LogP contribution in [0.1, 0.15) is 5.56 Å². The molecule has 0 aliphatic carbocycles. The Balaban J connectivity index is 2.99. The molecule has 0 saturated heterocycles. The molecular formula is C10H7BrF5NO. The fourth-order valence-corrected chi connectivity index (χ4v) is 1.43. The average molecular weight is 332 g/mol. The Morgan fingerprint density at radius 2 is 1.94 bits per heavy atom. The highest BCUT2D eigenvalue weighted by atomic mass is 79.9. The molecule has 0 unspecified atom stereocenters. The normalized spacial score (nSPS) is 11.8. The summed E-state index contributed by atoms with van der Waals surface area (Å²) >= 11 is 2.79. The summed E-state index contributed by atoms with van der Waals surface area (Å²) in [7, 11) is 0. The molecule has 0 radical (unpaired) electrons. The van der Waals surface area contributed by atoms with Crippen molar-refractivity contribution in [3.8, 4) is 0 Å². The highest BCUT2D eigenvalue weighted by molar-refractivity contribution is 9.10. The summed E-state index contributed by atoms with van der Waals surface area (Å²) in [4.78, 5) is 11.0. The van der Waals surface area contributed by atoms with Crippen molar-refractivity contribution in [2.45, 2.75) is 19.3 Å². The van der Waals surface area contributed by atoms with Crippen LogP contribution < -0.4 is 5.32 Å². The zero-order valence-electron chi connectivity index (χ0n) is 8.91. The van der Waals surface area contributed by atoms with E-state index in [1.165, 1.54) is 6.92 Å². The van der Waals surface area contributed by atoms with Crippen LogP contribution in [0.4, 0.5) is 27.6 Å². The largest absolute Gasteiger partial charge is 0.383 e. The molecule has 0 aromatic heterocycles. The summed E-state index contributed by atoms with van der Waals surface area (Å²) in [6.45, 7) is 1.34. The third-order valence-electron chi connectivity index (χ3n) is 2.09. The molecule has 0 aliphatic heterocycles. The molecule has 1 rings (SSSR count). The van der Waals surface area contributed by atoms with Crippen molar-refractivity contribution in [1.82, 2.24) is 0 Å². The minimum Gasteiger partial charge on any atom is -0.320 e. The summed E-state index contributed by atoms with van der Waals surface area (Å²) < 4.78 is 62.2. The number of benzene rings is 1. The second-order valence-electron chi connectivity index (χ2n) is 3.46. The number of anilines is 1. The molecule has 1 amide bonds. The van der Waals surface area contributed by atoms with Gasteiger partial charge in [-0.2, -0.15) is 8.78 Å². The standard InChI is InChI=1S/C10H7BrF5NO/c1-4-2-6(12)5(11)3-7(4)17-9(18)10(15,16)8(13)14/h2-3,8H,1H3,(H,17,18). The van der Waals surface area contributed by atoms with Crippen molar-refractivity contribution in [3.63, 3.8) is 0 Å². The van der Waals surface area contributed by atoms with Crippen molar-refractivity contribution in [3.05, 3.63) is 28.0 Å². The van der Waals surface area contributed by atoms with Crippen molar-refractivity contribution >= 4 is 27.5 Å². The van der Waals surface area contributed by atoms with E-state index in [1.54, 1.807) is 5.32 Å². The van der Waals surface area contributed by atoms with Crippen LogP contribution in [-0.2, 0) is 4.79 Å². The lowest BCUT2D eigenvalue weighted by Gasteiger charge is -2.16. The third-order valence-corrected chi connectivity index (χ3v) is 2.70. The molecule has 0 saturated carbocycles. The number of amides is 1. The second kappa shape index (κ2) is 5.21. The number of aryl methyl sites for hydroxylation is 1. The van der Waals surface area contributed by atoms with Crippen LogP contribution in [0.5, 0.6) is 0 Å². The Morgan fingerprint density at radius 1 is 1.39 bits per heavy atom. The van der Waals surface area contributed by atoms with E-state index < -0.39 is 24.1 Å². The maximum absolute atomic E-state index is 13.0. The number of alkyl halides is 4. The molecule has 18 heavy (non-hydrogen) atoms. The zero-order valence-corrected chi connectivity index (χ0v) is 10.5. The molecule has 1 N–H and O–H groups in total. The average Bonchev–Trinajstić information content (AvgIpc) is 2.25. The van der Waals surface area contributed by atoms with Crippen LogP contribution in [0.15, 0.2) is 16.6 Å². The number of nitrogens with one attached hydrogen (secondary N) is 1. The Labute approximate surface area is 107 Å². The predicted molar refractivity (Wildman–Crippen MR) is 58.4 cm³/mol. The zero-order chi connectivity index (χ0) is 14.1. The van der Waals surface area contributed by atoms with Crippen molar-refractivity contribution in [2.24, 2.45) is 0 Å². The van der Waals surface area contributed by atoms with Gasteiger partial charge in [-0.15, -0.1) is 0 Å². The van der Waals surface area contributed by atoms with Gasteiger partial charge in [0, 0.05) is 5.69 Å². The molecule has 0 heterocycles. The minimum atomic E-state index is -4.80. The molecule has 0 aliphatic rings. The first-order valence-corrected chi connectivity index (χ1v) is 5.38. The highest BCUT2D eigenvalue weighted by Crippen LogP contribution is 2.28. The van der Waals surface area contributed by atoms with E-state index in [0.29, 0.717) is 0 Å². The second-order valence-corrected chi connectivity index (χ2v) is 4.31. The molecule has 0 fully saturated rings. The number of rotatable bonds is 3. The van der Waals surface area contributed by atoms with E-state index in [2.05, 4.69) is 15.9 Å². The number of carbonyl (C=O) groups excluding carboxylic acids is 1. The number of carbonyl (C=O) groups is 1. The Kier molecular flexibility index (Phi) is 4.31. The molecule has 0 spiro atoms. The number of hydrogen-bond donors (Lipinski definition) is 1. The van der Waals surface area contributed by atoms with Crippen LogP contribution in [0.3, 0.4) is 0 Å². The lowest BCUT2D eigenvalue weighted by atomic mass is 10.2. The fraction of sp³-hybridized carbons (Fsp3) is 0.300. The van der Waals surface area contributed by atoms with E-state index >= 15 is 0 Å². The van der Waals surface area contributed by atoms with Gasteiger partial charge >= 0.3 is 18.3 Å². The van der Waals surface area contributed by atoms with Crippen molar-refractivity contribution in [1.29, 1.82) is 0 Å². The van der Waals surface area contributed by atoms with E-state index in [9.17, 15) is 26.7 Å².